The predicted molar refractivity (Wildman–Crippen MR) is 124 cm³/mol. The van der Waals surface area contributed by atoms with Crippen molar-refractivity contribution in [3.63, 3.8) is 0 Å². The molecule has 0 bridgehead atoms. The van der Waals surface area contributed by atoms with E-state index in [1.807, 2.05) is 0 Å². The normalized spacial score (nSPS) is 13.8. The molecule has 3 heterocycles. The Morgan fingerprint density at radius 1 is 0.621 bits per heavy atom. The number of nitrogens with one attached hydrogen (secondary N) is 3. The monoisotopic (exact) mass is 393 g/mol. The zero-order valence-electron chi connectivity index (χ0n) is 19.6. The van der Waals surface area contributed by atoms with E-state index in [1.165, 1.54) is 56.4 Å². The number of hydrogen-bond acceptors (Lipinski definition) is 0. The van der Waals surface area contributed by atoms with E-state index >= 15 is 0 Å². The molecule has 0 saturated heterocycles. The highest BCUT2D eigenvalue weighted by atomic mass is 14.8. The molecule has 2 atom stereocenters. The second kappa shape index (κ2) is 8.69. The van der Waals surface area contributed by atoms with Crippen molar-refractivity contribution < 1.29 is 0 Å². The van der Waals surface area contributed by atoms with Gasteiger partial charge in [0, 0.05) is 46.0 Å². The summed E-state index contributed by atoms with van der Waals surface area (Å²) in [6.07, 6.45) is 4.34. The SMILES string of the molecule is CCc1c(C)[nH]c(C(CC)c2ccc(C(CC)c3[nH]c(C)c(CC)c3C)[nH]2)c1C. The lowest BCUT2D eigenvalue weighted by Crippen LogP contribution is -2.06. The molecule has 158 valence electrons. The van der Waals surface area contributed by atoms with E-state index in [9.17, 15) is 0 Å². The van der Waals surface area contributed by atoms with Gasteiger partial charge in [-0.25, -0.2) is 0 Å². The molecule has 3 nitrogen and oxygen atoms in total. The summed E-state index contributed by atoms with van der Waals surface area (Å²) in [5.74, 6) is 0.774. The van der Waals surface area contributed by atoms with Gasteiger partial charge in [-0.05, 0) is 87.8 Å². The Morgan fingerprint density at radius 3 is 1.28 bits per heavy atom. The first-order chi connectivity index (χ1) is 13.9. The maximum absolute atomic E-state index is 3.82. The minimum absolute atomic E-state index is 0.387. The first kappa shape index (κ1) is 21.5. The van der Waals surface area contributed by atoms with Gasteiger partial charge in [-0.3, -0.25) is 0 Å². The molecular weight excluding hydrogens is 354 g/mol. The Bertz CT molecular complexity index is 890. The number of hydrogen-bond donors (Lipinski definition) is 3. The van der Waals surface area contributed by atoms with Crippen molar-refractivity contribution in [1.82, 2.24) is 15.0 Å². The van der Waals surface area contributed by atoms with Gasteiger partial charge in [0.25, 0.3) is 0 Å². The topological polar surface area (TPSA) is 47.4 Å². The smallest absolute Gasteiger partial charge is 0.0392 e. The Hall–Kier alpha value is -2.16. The van der Waals surface area contributed by atoms with Crippen LogP contribution < -0.4 is 0 Å². The third kappa shape index (κ3) is 3.72. The largest absolute Gasteiger partial charge is 0.361 e. The summed E-state index contributed by atoms with van der Waals surface area (Å²) < 4.78 is 0. The molecule has 0 saturated carbocycles. The summed E-state index contributed by atoms with van der Waals surface area (Å²) in [6.45, 7) is 18.0. The van der Waals surface area contributed by atoms with Gasteiger partial charge in [0.2, 0.25) is 0 Å². The highest BCUT2D eigenvalue weighted by Crippen LogP contribution is 2.36. The van der Waals surface area contributed by atoms with Gasteiger partial charge in [0.1, 0.15) is 0 Å². The molecule has 2 unspecified atom stereocenters. The van der Waals surface area contributed by atoms with Crippen LogP contribution in [0.1, 0.15) is 109 Å². The molecule has 29 heavy (non-hydrogen) atoms. The molecule has 0 radical (unpaired) electrons. The van der Waals surface area contributed by atoms with Gasteiger partial charge in [-0.2, -0.15) is 0 Å². The second-order valence-corrected chi connectivity index (χ2v) is 8.53. The van der Waals surface area contributed by atoms with Gasteiger partial charge in [-0.1, -0.05) is 27.7 Å². The second-order valence-electron chi connectivity index (χ2n) is 8.53. The summed E-state index contributed by atoms with van der Waals surface area (Å²) in [7, 11) is 0. The van der Waals surface area contributed by atoms with Crippen molar-refractivity contribution >= 4 is 0 Å². The molecule has 3 aromatic rings. The van der Waals surface area contributed by atoms with Crippen LogP contribution in [0.25, 0.3) is 0 Å². The quantitative estimate of drug-likeness (QED) is 0.365. The molecule has 0 fully saturated rings. The predicted octanol–water partition coefficient (Wildman–Crippen LogP) is 7.11. The van der Waals surface area contributed by atoms with E-state index in [-0.39, 0.29) is 0 Å². The van der Waals surface area contributed by atoms with Crippen molar-refractivity contribution in [2.45, 2.75) is 92.9 Å². The summed E-state index contributed by atoms with van der Waals surface area (Å²) in [4.78, 5) is 11.2. The molecule has 3 aromatic heterocycles. The van der Waals surface area contributed by atoms with Crippen molar-refractivity contribution in [2.24, 2.45) is 0 Å². The third-order valence-corrected chi connectivity index (χ3v) is 6.97. The van der Waals surface area contributed by atoms with Gasteiger partial charge in [-0.15, -0.1) is 0 Å². The summed E-state index contributed by atoms with van der Waals surface area (Å²) in [5.41, 5.74) is 13.9. The highest BCUT2D eigenvalue weighted by molar-refractivity contribution is 5.43. The number of rotatable bonds is 8. The molecule has 0 aromatic carbocycles. The molecule has 0 aliphatic rings. The fourth-order valence-corrected chi connectivity index (χ4v) is 5.38. The standard InChI is InChI=1S/C26H39N3/c1-9-19-15(5)25(27-17(19)7)21(11-3)23-13-14-24(29-23)22(12-4)26-16(6)20(10-2)18(8)28-26/h13-14,21-22,27-29H,9-12H2,1-8H3. The molecule has 0 aliphatic carbocycles. The first-order valence-electron chi connectivity index (χ1n) is 11.4. The molecule has 0 aliphatic heterocycles. The van der Waals surface area contributed by atoms with Gasteiger partial charge >= 0.3 is 0 Å². The lowest BCUT2D eigenvalue weighted by atomic mass is 9.94. The van der Waals surface area contributed by atoms with Crippen molar-refractivity contribution in [1.29, 1.82) is 0 Å². The fourth-order valence-electron chi connectivity index (χ4n) is 5.38. The Balaban J connectivity index is 1.98. The Morgan fingerprint density at radius 2 is 1.00 bits per heavy atom. The van der Waals surface area contributed by atoms with E-state index in [2.05, 4.69) is 82.5 Å². The van der Waals surface area contributed by atoms with Crippen LogP contribution in [0.2, 0.25) is 0 Å². The third-order valence-electron chi connectivity index (χ3n) is 6.97. The van der Waals surface area contributed by atoms with Crippen LogP contribution in [0, 0.1) is 27.7 Å². The van der Waals surface area contributed by atoms with Crippen LogP contribution >= 0.6 is 0 Å². The number of aromatic nitrogens is 3. The maximum Gasteiger partial charge on any atom is 0.0392 e. The Labute approximate surface area is 176 Å². The molecule has 0 amide bonds. The van der Waals surface area contributed by atoms with Crippen LogP contribution in [0.3, 0.4) is 0 Å². The average molecular weight is 394 g/mol. The van der Waals surface area contributed by atoms with Crippen LogP contribution in [0.15, 0.2) is 12.1 Å². The van der Waals surface area contributed by atoms with E-state index in [1.54, 1.807) is 0 Å². The zero-order chi connectivity index (χ0) is 21.3. The maximum atomic E-state index is 3.82. The van der Waals surface area contributed by atoms with Gasteiger partial charge < -0.3 is 15.0 Å². The van der Waals surface area contributed by atoms with Gasteiger partial charge in [0.15, 0.2) is 0 Å². The van der Waals surface area contributed by atoms with Crippen LogP contribution in [-0.2, 0) is 12.8 Å². The van der Waals surface area contributed by atoms with E-state index in [0.29, 0.717) is 11.8 Å². The molecule has 0 spiro atoms. The molecular formula is C26H39N3. The van der Waals surface area contributed by atoms with E-state index in [4.69, 9.17) is 0 Å². The number of aromatic amines is 3. The van der Waals surface area contributed by atoms with Gasteiger partial charge in [0.05, 0.1) is 0 Å². The number of aryl methyl sites for hydroxylation is 2. The summed E-state index contributed by atoms with van der Waals surface area (Å²) >= 11 is 0. The number of H-pyrrole nitrogens is 3. The van der Waals surface area contributed by atoms with E-state index in [0.717, 1.165) is 25.7 Å². The fraction of sp³-hybridized carbons (Fsp3) is 0.538. The minimum atomic E-state index is 0.387. The molecule has 3 rings (SSSR count). The summed E-state index contributed by atoms with van der Waals surface area (Å²) in [6, 6.07) is 4.61. The molecule has 3 heteroatoms. The van der Waals surface area contributed by atoms with Crippen molar-refractivity contribution in [3.05, 3.63) is 68.6 Å². The van der Waals surface area contributed by atoms with Crippen LogP contribution in [0.4, 0.5) is 0 Å². The Kier molecular flexibility index (Phi) is 6.45. The van der Waals surface area contributed by atoms with E-state index < -0.39 is 0 Å². The molecule has 3 N–H and O–H groups in total. The lowest BCUT2D eigenvalue weighted by molar-refractivity contribution is 0.698. The first-order valence-corrected chi connectivity index (χ1v) is 11.4. The average Bonchev–Trinajstić information content (AvgIpc) is 3.35. The summed E-state index contributed by atoms with van der Waals surface area (Å²) in [5, 5.41) is 0. The highest BCUT2D eigenvalue weighted by Gasteiger charge is 2.24. The van der Waals surface area contributed by atoms with Crippen LogP contribution in [-0.4, -0.2) is 15.0 Å². The lowest BCUT2D eigenvalue weighted by Gasteiger charge is -2.17. The van der Waals surface area contributed by atoms with Crippen LogP contribution in [0.5, 0.6) is 0 Å². The van der Waals surface area contributed by atoms with Crippen molar-refractivity contribution in [2.75, 3.05) is 0 Å². The van der Waals surface area contributed by atoms with Crippen molar-refractivity contribution in [3.8, 4) is 0 Å². The minimum Gasteiger partial charge on any atom is -0.361 e. The zero-order valence-corrected chi connectivity index (χ0v) is 19.6.